The summed E-state index contributed by atoms with van der Waals surface area (Å²) in [6.07, 6.45) is 1.01. The molecule has 3 rings (SSSR count). The summed E-state index contributed by atoms with van der Waals surface area (Å²) in [5.41, 5.74) is 0.380. The number of hydrogen-bond acceptors (Lipinski definition) is 5. The first-order valence-electron chi connectivity index (χ1n) is 8.70. The van der Waals surface area contributed by atoms with E-state index in [0.29, 0.717) is 0 Å². The monoisotopic (exact) mass is 457 g/mol. The summed E-state index contributed by atoms with van der Waals surface area (Å²) in [4.78, 5) is 14.6. The second kappa shape index (κ2) is 8.31. The molecular formula is C18H20ClN3O5S2. The van der Waals surface area contributed by atoms with Crippen LogP contribution in [0.5, 0.6) is 0 Å². The van der Waals surface area contributed by atoms with E-state index in [9.17, 15) is 21.6 Å². The molecular weight excluding hydrogens is 438 g/mol. The fourth-order valence-corrected chi connectivity index (χ4v) is 5.21. The Balaban J connectivity index is 1.73. The molecule has 11 heteroatoms. The lowest BCUT2D eigenvalue weighted by molar-refractivity contribution is 0.0698. The molecule has 0 aromatic heterocycles. The third-order valence-corrected chi connectivity index (χ3v) is 7.26. The number of benzene rings is 2. The molecule has 1 aliphatic rings. The molecule has 1 amide bonds. The van der Waals surface area contributed by atoms with Gasteiger partial charge < -0.3 is 4.90 Å². The van der Waals surface area contributed by atoms with Gasteiger partial charge in [0, 0.05) is 31.9 Å². The molecule has 0 radical (unpaired) electrons. The van der Waals surface area contributed by atoms with E-state index < -0.39 is 20.0 Å². The molecule has 1 N–H and O–H groups in total. The van der Waals surface area contributed by atoms with Crippen LogP contribution in [0.1, 0.15) is 10.4 Å². The van der Waals surface area contributed by atoms with E-state index in [-0.39, 0.29) is 53.3 Å². The molecule has 0 unspecified atom stereocenters. The van der Waals surface area contributed by atoms with Crippen molar-refractivity contribution in [2.75, 3.05) is 37.2 Å². The fraction of sp³-hybridized carbons (Fsp3) is 0.278. The molecule has 0 spiro atoms. The highest BCUT2D eigenvalue weighted by Crippen LogP contribution is 2.24. The zero-order chi connectivity index (χ0) is 21.2. The maximum atomic E-state index is 12.9. The molecule has 0 saturated carbocycles. The van der Waals surface area contributed by atoms with Gasteiger partial charge in [-0.05, 0) is 30.3 Å². The Bertz CT molecular complexity index is 1110. The van der Waals surface area contributed by atoms with Gasteiger partial charge in [-0.2, -0.15) is 4.31 Å². The lowest BCUT2D eigenvalue weighted by Gasteiger charge is -2.34. The molecule has 8 nitrogen and oxygen atoms in total. The van der Waals surface area contributed by atoms with Crippen LogP contribution in [-0.4, -0.2) is 64.4 Å². The number of anilines is 1. The molecule has 1 heterocycles. The minimum atomic E-state index is -3.62. The number of carbonyl (C=O) groups excluding carboxylic acids is 1. The maximum Gasteiger partial charge on any atom is 0.255 e. The second-order valence-corrected chi connectivity index (χ2v) is 10.7. The number of carbonyl (C=O) groups is 1. The zero-order valence-electron chi connectivity index (χ0n) is 15.6. The molecule has 0 atom stereocenters. The average molecular weight is 458 g/mol. The van der Waals surface area contributed by atoms with Gasteiger partial charge in [0.25, 0.3) is 5.91 Å². The molecule has 156 valence electrons. The van der Waals surface area contributed by atoms with Crippen molar-refractivity contribution in [3.05, 3.63) is 59.1 Å². The zero-order valence-corrected chi connectivity index (χ0v) is 18.0. The number of sulfonamides is 2. The van der Waals surface area contributed by atoms with Crippen molar-refractivity contribution in [2.24, 2.45) is 0 Å². The van der Waals surface area contributed by atoms with E-state index in [2.05, 4.69) is 4.72 Å². The molecule has 2 aromatic rings. The summed E-state index contributed by atoms with van der Waals surface area (Å²) >= 11 is 6.13. The van der Waals surface area contributed by atoms with E-state index in [1.54, 1.807) is 18.2 Å². The summed E-state index contributed by atoms with van der Waals surface area (Å²) in [7, 11) is -7.12. The maximum absolute atomic E-state index is 12.9. The lowest BCUT2D eigenvalue weighted by Crippen LogP contribution is -2.50. The summed E-state index contributed by atoms with van der Waals surface area (Å²) in [5.74, 6) is -0.385. The quantitative estimate of drug-likeness (QED) is 0.738. The minimum absolute atomic E-state index is 0.152. The molecule has 1 fully saturated rings. The fourth-order valence-electron chi connectivity index (χ4n) is 3.01. The van der Waals surface area contributed by atoms with Gasteiger partial charge in [0.2, 0.25) is 20.0 Å². The van der Waals surface area contributed by atoms with E-state index in [4.69, 9.17) is 11.6 Å². The number of halogens is 1. The van der Waals surface area contributed by atoms with Crippen molar-refractivity contribution < 1.29 is 21.6 Å². The predicted molar refractivity (Wildman–Crippen MR) is 111 cm³/mol. The normalized spacial score (nSPS) is 15.9. The van der Waals surface area contributed by atoms with Crippen LogP contribution in [0.2, 0.25) is 5.02 Å². The Morgan fingerprint density at radius 2 is 1.59 bits per heavy atom. The highest BCUT2D eigenvalue weighted by molar-refractivity contribution is 7.92. The van der Waals surface area contributed by atoms with Gasteiger partial charge in [-0.15, -0.1) is 0 Å². The third kappa shape index (κ3) is 5.08. The van der Waals surface area contributed by atoms with E-state index in [1.807, 2.05) is 0 Å². The number of nitrogens with one attached hydrogen (secondary N) is 1. The van der Waals surface area contributed by atoms with Crippen LogP contribution in [0.25, 0.3) is 0 Å². The summed E-state index contributed by atoms with van der Waals surface area (Å²) in [5, 5.41) is 0.188. The highest BCUT2D eigenvalue weighted by atomic mass is 35.5. The van der Waals surface area contributed by atoms with Gasteiger partial charge in [-0.3, -0.25) is 9.52 Å². The standard InChI is InChI=1S/C18H20ClN3O5S2/c1-28(24,25)20-14-7-8-17(19)16(13-14)18(23)21-9-11-22(12-10-21)29(26,27)15-5-3-2-4-6-15/h2-8,13,20H,9-12H2,1H3. The van der Waals surface area contributed by atoms with Gasteiger partial charge in [0.05, 0.1) is 21.7 Å². The lowest BCUT2D eigenvalue weighted by atomic mass is 10.1. The van der Waals surface area contributed by atoms with Crippen LogP contribution < -0.4 is 4.72 Å². The Kier molecular flexibility index (Phi) is 6.18. The van der Waals surface area contributed by atoms with Crippen LogP contribution in [-0.2, 0) is 20.0 Å². The van der Waals surface area contributed by atoms with Crippen molar-refractivity contribution in [3.8, 4) is 0 Å². The number of hydrogen-bond donors (Lipinski definition) is 1. The van der Waals surface area contributed by atoms with Crippen LogP contribution in [0.4, 0.5) is 5.69 Å². The van der Waals surface area contributed by atoms with Gasteiger partial charge in [0.15, 0.2) is 0 Å². The molecule has 0 bridgehead atoms. The van der Waals surface area contributed by atoms with E-state index in [0.717, 1.165) is 6.26 Å². The smallest absolute Gasteiger partial charge is 0.255 e. The Morgan fingerprint density at radius 1 is 0.966 bits per heavy atom. The average Bonchev–Trinajstić information content (AvgIpc) is 2.68. The van der Waals surface area contributed by atoms with Crippen molar-refractivity contribution in [1.29, 1.82) is 0 Å². The molecule has 1 aliphatic heterocycles. The summed E-state index contributed by atoms with van der Waals surface area (Å²) in [6.45, 7) is 0.708. The van der Waals surface area contributed by atoms with Crippen molar-refractivity contribution in [1.82, 2.24) is 9.21 Å². The first kappa shape index (κ1) is 21.6. The van der Waals surface area contributed by atoms with Crippen molar-refractivity contribution in [3.63, 3.8) is 0 Å². The van der Waals surface area contributed by atoms with Crippen LogP contribution >= 0.6 is 11.6 Å². The van der Waals surface area contributed by atoms with Gasteiger partial charge in [-0.25, -0.2) is 16.8 Å². The van der Waals surface area contributed by atoms with Crippen LogP contribution in [0, 0.1) is 0 Å². The first-order chi connectivity index (χ1) is 13.6. The molecule has 2 aromatic carbocycles. The summed E-state index contributed by atoms with van der Waals surface area (Å²) < 4.78 is 51.9. The highest BCUT2D eigenvalue weighted by Gasteiger charge is 2.31. The SMILES string of the molecule is CS(=O)(=O)Nc1ccc(Cl)c(C(=O)N2CCN(S(=O)(=O)c3ccccc3)CC2)c1. The van der Waals surface area contributed by atoms with Crippen molar-refractivity contribution >= 4 is 43.2 Å². The topological polar surface area (TPSA) is 104 Å². The largest absolute Gasteiger partial charge is 0.336 e. The molecule has 1 saturated heterocycles. The minimum Gasteiger partial charge on any atom is -0.336 e. The van der Waals surface area contributed by atoms with E-state index >= 15 is 0 Å². The Morgan fingerprint density at radius 3 is 2.17 bits per heavy atom. The first-order valence-corrected chi connectivity index (χ1v) is 12.4. The van der Waals surface area contributed by atoms with Crippen LogP contribution in [0.3, 0.4) is 0 Å². The van der Waals surface area contributed by atoms with Gasteiger partial charge in [0.1, 0.15) is 0 Å². The summed E-state index contributed by atoms with van der Waals surface area (Å²) in [6, 6.07) is 12.4. The van der Waals surface area contributed by atoms with Gasteiger partial charge >= 0.3 is 0 Å². The van der Waals surface area contributed by atoms with Gasteiger partial charge in [-0.1, -0.05) is 29.8 Å². The number of rotatable bonds is 5. The third-order valence-electron chi connectivity index (χ3n) is 4.41. The Labute approximate surface area is 175 Å². The molecule has 0 aliphatic carbocycles. The van der Waals surface area contributed by atoms with E-state index in [1.165, 1.54) is 39.5 Å². The van der Waals surface area contributed by atoms with Crippen molar-refractivity contribution in [2.45, 2.75) is 4.90 Å². The Hall–Kier alpha value is -2.14. The predicted octanol–water partition coefficient (Wildman–Crippen LogP) is 1.86. The number of piperazine rings is 1. The number of nitrogens with zero attached hydrogens (tertiary/aromatic N) is 2. The number of amides is 1. The second-order valence-electron chi connectivity index (χ2n) is 6.58. The van der Waals surface area contributed by atoms with Crippen LogP contribution in [0.15, 0.2) is 53.4 Å². The molecule has 29 heavy (non-hydrogen) atoms.